The molecule has 1 aromatic carbocycles. The Morgan fingerprint density at radius 2 is 1.56 bits per heavy atom. The van der Waals surface area contributed by atoms with Crippen molar-refractivity contribution >= 4 is 18.4 Å². The first-order valence-electron chi connectivity index (χ1n) is 8.33. The van der Waals surface area contributed by atoms with Gasteiger partial charge in [0.15, 0.2) is 0 Å². The fourth-order valence-electron chi connectivity index (χ4n) is 3.80. The summed E-state index contributed by atoms with van der Waals surface area (Å²) < 4.78 is 12.9. The van der Waals surface area contributed by atoms with Crippen LogP contribution in [0.2, 0.25) is 0 Å². The van der Waals surface area contributed by atoms with Crippen molar-refractivity contribution in [1.82, 2.24) is 0 Å². The van der Waals surface area contributed by atoms with Crippen molar-refractivity contribution in [2.45, 2.75) is 41.5 Å². The minimum Gasteiger partial charge on any atom is -0.334 e. The number of benzene rings is 1. The molecule has 1 aliphatic carbocycles. The molecule has 0 aliphatic heterocycles. The van der Waals surface area contributed by atoms with E-state index in [1.807, 2.05) is 32.9 Å². The highest BCUT2D eigenvalue weighted by Crippen LogP contribution is 2.51. The van der Waals surface area contributed by atoms with Crippen molar-refractivity contribution in [2.75, 3.05) is 0 Å². The quantitative estimate of drug-likeness (QED) is 0.790. The third kappa shape index (κ3) is 3.61. The fourth-order valence-corrected chi connectivity index (χ4v) is 5.47. The van der Waals surface area contributed by atoms with Gasteiger partial charge in [0.2, 0.25) is 5.52 Å². The van der Waals surface area contributed by atoms with Crippen molar-refractivity contribution < 1.29 is 19.0 Å². The van der Waals surface area contributed by atoms with E-state index in [2.05, 4.69) is 0 Å². The van der Waals surface area contributed by atoms with E-state index in [1.165, 1.54) is 0 Å². The largest absolute Gasteiger partial charge is 0.334 e. The second kappa shape index (κ2) is 6.86. The van der Waals surface area contributed by atoms with Crippen LogP contribution in [0.3, 0.4) is 0 Å². The lowest BCUT2D eigenvalue weighted by Gasteiger charge is -2.27. The minimum absolute atomic E-state index is 0.182. The van der Waals surface area contributed by atoms with Crippen LogP contribution in [-0.2, 0) is 9.36 Å². The molecule has 0 heterocycles. The lowest BCUT2D eigenvalue weighted by molar-refractivity contribution is -0.115. The molecule has 0 saturated heterocycles. The maximum atomic E-state index is 12.9. The van der Waals surface area contributed by atoms with Crippen LogP contribution in [-0.4, -0.2) is 15.9 Å². The van der Waals surface area contributed by atoms with Gasteiger partial charge in [-0.25, -0.2) is 0 Å². The van der Waals surface area contributed by atoms with Crippen molar-refractivity contribution in [3.8, 4) is 0 Å². The average molecular weight is 360 g/mol. The Hall–Kier alpha value is -1.77. The molecular weight excluding hydrogens is 335 g/mol. The molecule has 25 heavy (non-hydrogen) atoms. The summed E-state index contributed by atoms with van der Waals surface area (Å²) in [5.41, 5.74) is 2.28. The molecule has 0 saturated carbocycles. The summed E-state index contributed by atoms with van der Waals surface area (Å²) in [5.74, 6) is -0.958. The third-order valence-electron chi connectivity index (χ3n) is 4.73. The Balaban J connectivity index is 2.45. The molecule has 1 aromatic rings. The molecule has 3 unspecified atom stereocenters. The van der Waals surface area contributed by atoms with Gasteiger partial charge in [-0.05, 0) is 51.7 Å². The lowest BCUT2D eigenvalue weighted by Crippen LogP contribution is -2.27. The number of carbonyl (C=O) groups excluding carboxylic acids is 2. The molecule has 134 valence electrons. The van der Waals surface area contributed by atoms with Gasteiger partial charge in [0.25, 0.3) is 5.52 Å². The summed E-state index contributed by atoms with van der Waals surface area (Å²) in [6.07, 6.45) is 3.72. The molecule has 4 nitrogen and oxygen atoms in total. The zero-order chi connectivity index (χ0) is 19.1. The summed E-state index contributed by atoms with van der Waals surface area (Å²) in [6.45, 7) is 10.8. The van der Waals surface area contributed by atoms with E-state index in [-0.39, 0.29) is 11.5 Å². The zero-order valence-electron chi connectivity index (χ0n) is 15.6. The summed E-state index contributed by atoms with van der Waals surface area (Å²) >= 11 is 0. The average Bonchev–Trinajstić information content (AvgIpc) is 2.44. The first-order chi connectivity index (χ1) is 11.5. The Labute approximate surface area is 149 Å². The smallest absolute Gasteiger partial charge is 0.333 e. The van der Waals surface area contributed by atoms with Gasteiger partial charge in [-0.3, -0.25) is 14.2 Å². The number of carbonyl (C=O) groups is 2. The van der Waals surface area contributed by atoms with E-state index < -0.39 is 24.3 Å². The maximum absolute atomic E-state index is 12.9. The summed E-state index contributed by atoms with van der Waals surface area (Å²) in [5, 5.41) is 0. The first kappa shape index (κ1) is 19.6. The van der Waals surface area contributed by atoms with Gasteiger partial charge in [-0.15, -0.1) is 0 Å². The minimum atomic E-state index is -4.68. The summed E-state index contributed by atoms with van der Waals surface area (Å²) in [7, 11) is -4.68. The number of rotatable bonds is 4. The number of allylic oxidation sites excluding steroid dienone is 4. The molecule has 3 atom stereocenters. The van der Waals surface area contributed by atoms with E-state index in [4.69, 9.17) is 0 Å². The summed E-state index contributed by atoms with van der Waals surface area (Å²) in [4.78, 5) is 36.1. The van der Waals surface area contributed by atoms with Crippen LogP contribution in [0.15, 0.2) is 35.4 Å². The number of hydrogen-bond acceptors (Lipinski definition) is 3. The van der Waals surface area contributed by atoms with E-state index in [1.54, 1.807) is 32.9 Å². The molecule has 0 radical (unpaired) electrons. The second-order valence-corrected chi connectivity index (χ2v) is 9.13. The standard InChI is InChI=1S/C20H25O4P/c1-11-7-13(3)17(14(4)8-11)19(21)25(23,24)20(22)18-15(5)9-12(2)10-16(18)6/h7-10,13,17H,1-6H3,(H,23,24). The van der Waals surface area contributed by atoms with Gasteiger partial charge in [0, 0.05) is 5.56 Å². The van der Waals surface area contributed by atoms with Crippen molar-refractivity contribution in [1.29, 1.82) is 0 Å². The predicted molar refractivity (Wildman–Crippen MR) is 100.0 cm³/mol. The highest BCUT2D eigenvalue weighted by Gasteiger charge is 2.45. The Kier molecular flexibility index (Phi) is 5.36. The normalized spacial score (nSPS) is 22.7. The predicted octanol–water partition coefficient (Wildman–Crippen LogP) is 4.71. The van der Waals surface area contributed by atoms with Gasteiger partial charge < -0.3 is 4.89 Å². The topological polar surface area (TPSA) is 71.4 Å². The van der Waals surface area contributed by atoms with Gasteiger partial charge in [-0.2, -0.15) is 0 Å². The highest BCUT2D eigenvalue weighted by atomic mass is 31.2. The molecule has 0 spiro atoms. The lowest BCUT2D eigenvalue weighted by atomic mass is 9.83. The molecular formula is C20H25O4P. The van der Waals surface area contributed by atoms with Crippen molar-refractivity contribution in [3.63, 3.8) is 0 Å². The Morgan fingerprint density at radius 1 is 1.04 bits per heavy atom. The first-order valence-corrected chi connectivity index (χ1v) is 9.99. The van der Waals surface area contributed by atoms with Gasteiger partial charge >= 0.3 is 7.37 Å². The Morgan fingerprint density at radius 3 is 2.04 bits per heavy atom. The van der Waals surface area contributed by atoms with Crippen LogP contribution in [0.25, 0.3) is 0 Å². The molecule has 0 fully saturated rings. The molecule has 1 N–H and O–H groups in total. The van der Waals surface area contributed by atoms with Crippen molar-refractivity contribution in [2.24, 2.45) is 11.8 Å². The molecule has 1 aliphatic rings. The van der Waals surface area contributed by atoms with Gasteiger partial charge in [0.05, 0.1) is 5.92 Å². The zero-order valence-corrected chi connectivity index (χ0v) is 16.5. The van der Waals surface area contributed by atoms with Crippen molar-refractivity contribution in [3.05, 3.63) is 57.7 Å². The van der Waals surface area contributed by atoms with Crippen LogP contribution in [0, 0.1) is 32.6 Å². The summed E-state index contributed by atoms with van der Waals surface area (Å²) in [6, 6.07) is 3.57. The van der Waals surface area contributed by atoms with Crippen LogP contribution >= 0.6 is 7.37 Å². The van der Waals surface area contributed by atoms with Crippen LogP contribution in [0.1, 0.15) is 47.8 Å². The second-order valence-electron chi connectivity index (χ2n) is 7.13. The van der Waals surface area contributed by atoms with E-state index >= 15 is 0 Å². The van der Waals surface area contributed by atoms with Gasteiger partial charge in [0.1, 0.15) is 0 Å². The van der Waals surface area contributed by atoms with Gasteiger partial charge in [-0.1, -0.05) is 47.9 Å². The highest BCUT2D eigenvalue weighted by molar-refractivity contribution is 7.90. The molecule has 2 rings (SSSR count). The van der Waals surface area contributed by atoms with E-state index in [0.717, 1.165) is 16.7 Å². The van der Waals surface area contributed by atoms with Crippen LogP contribution in [0.5, 0.6) is 0 Å². The molecule has 5 heteroatoms. The SMILES string of the molecule is CC1=CC(C)C(C(=O)P(=O)(O)C(=O)c2c(C)cc(C)cc2C)C(C)=C1. The maximum Gasteiger partial charge on any atom is 0.333 e. The number of aryl methyl sites for hydroxylation is 3. The fraction of sp³-hybridized carbons (Fsp3) is 0.400. The van der Waals surface area contributed by atoms with Crippen LogP contribution < -0.4 is 0 Å². The monoisotopic (exact) mass is 360 g/mol. The van der Waals surface area contributed by atoms with E-state index in [0.29, 0.717) is 11.1 Å². The third-order valence-corrected chi connectivity index (χ3v) is 6.38. The molecule has 0 bridgehead atoms. The van der Waals surface area contributed by atoms with Crippen LogP contribution in [0.4, 0.5) is 0 Å². The molecule has 0 aromatic heterocycles. The molecule has 0 amide bonds. The number of hydrogen-bond donors (Lipinski definition) is 1. The van der Waals surface area contributed by atoms with E-state index in [9.17, 15) is 19.0 Å². The Bertz CT molecular complexity index is 837.